The van der Waals surface area contributed by atoms with Gasteiger partial charge in [0.15, 0.2) is 0 Å². The van der Waals surface area contributed by atoms with E-state index in [4.69, 9.17) is 9.05 Å². The number of amidine groups is 1. The highest BCUT2D eigenvalue weighted by atomic mass is 31.2. The molecule has 146 valence electrons. The second-order valence-electron chi connectivity index (χ2n) is 5.61. The zero-order chi connectivity index (χ0) is 19.6. The van der Waals surface area contributed by atoms with Crippen molar-refractivity contribution in [2.75, 3.05) is 37.5 Å². The molecule has 0 saturated carbocycles. The topological polar surface area (TPSA) is 92.3 Å². The molecule has 0 fully saturated rings. The molecule has 2 amide bonds. The molecule has 0 aliphatic rings. The highest BCUT2D eigenvalue weighted by Gasteiger charge is 2.27. The Morgan fingerprint density at radius 1 is 1.15 bits per heavy atom. The third-order valence-corrected chi connectivity index (χ3v) is 5.01. The van der Waals surface area contributed by atoms with Crippen LogP contribution in [0.5, 0.6) is 0 Å². The number of carbonyl (C=O) groups is 1. The fourth-order valence-electron chi connectivity index (χ4n) is 1.91. The average molecular weight is 384 g/mol. The van der Waals surface area contributed by atoms with E-state index >= 15 is 0 Å². The molecular weight excluding hydrogens is 355 g/mol. The lowest BCUT2D eigenvalue weighted by Crippen LogP contribution is -2.28. The highest BCUT2D eigenvalue weighted by Crippen LogP contribution is 2.43. The van der Waals surface area contributed by atoms with Crippen LogP contribution in [-0.4, -0.2) is 39.2 Å². The summed E-state index contributed by atoms with van der Waals surface area (Å²) >= 11 is 0. The summed E-state index contributed by atoms with van der Waals surface area (Å²) in [6.45, 7) is 6.15. The van der Waals surface area contributed by atoms with E-state index in [9.17, 15) is 9.36 Å². The standard InChI is InChI=1S/C17H29N4O4P/c1-6-12-24-26(23,25-13-7-2)20-17(22)19-15-8-10-16(11-9-15)21(5)14(3)18-4/h8-11H,6-7,12-13H2,1-5H3,(H2,19,20,22,23). The number of aliphatic imine (C=N–C) groups is 1. The molecule has 26 heavy (non-hydrogen) atoms. The van der Waals surface area contributed by atoms with E-state index in [2.05, 4.69) is 15.4 Å². The molecule has 0 saturated heterocycles. The minimum absolute atomic E-state index is 0.237. The van der Waals surface area contributed by atoms with E-state index in [0.29, 0.717) is 18.5 Å². The Morgan fingerprint density at radius 2 is 1.69 bits per heavy atom. The Morgan fingerprint density at radius 3 is 2.15 bits per heavy atom. The number of hydrogen-bond acceptors (Lipinski definition) is 5. The molecule has 1 rings (SSSR count). The third kappa shape index (κ3) is 7.15. The summed E-state index contributed by atoms with van der Waals surface area (Å²) in [5.74, 6) is 0.866. The van der Waals surface area contributed by atoms with Crippen LogP contribution in [0.25, 0.3) is 0 Å². The molecule has 0 unspecified atom stereocenters. The van der Waals surface area contributed by atoms with Crippen molar-refractivity contribution in [1.82, 2.24) is 5.09 Å². The number of nitrogens with one attached hydrogen (secondary N) is 2. The van der Waals surface area contributed by atoms with E-state index in [1.54, 1.807) is 19.2 Å². The number of carbonyl (C=O) groups excluding carboxylic acids is 1. The molecule has 0 aliphatic carbocycles. The van der Waals surface area contributed by atoms with E-state index in [1.807, 2.05) is 44.9 Å². The Balaban J connectivity index is 2.72. The van der Waals surface area contributed by atoms with Gasteiger partial charge < -0.3 is 10.2 Å². The lowest BCUT2D eigenvalue weighted by Gasteiger charge is -2.20. The van der Waals surface area contributed by atoms with Gasteiger partial charge >= 0.3 is 13.8 Å². The number of hydrogen-bond donors (Lipinski definition) is 2. The molecule has 0 radical (unpaired) electrons. The van der Waals surface area contributed by atoms with Crippen LogP contribution in [0.2, 0.25) is 0 Å². The number of urea groups is 1. The summed E-state index contributed by atoms with van der Waals surface area (Å²) in [6, 6.07) is 6.56. The van der Waals surface area contributed by atoms with Gasteiger partial charge in [-0.15, -0.1) is 0 Å². The van der Waals surface area contributed by atoms with Gasteiger partial charge in [0.25, 0.3) is 0 Å². The molecule has 0 bridgehead atoms. The van der Waals surface area contributed by atoms with Gasteiger partial charge in [-0.3, -0.25) is 14.0 Å². The number of amides is 2. The van der Waals surface area contributed by atoms with E-state index in [1.165, 1.54) is 0 Å². The van der Waals surface area contributed by atoms with Crippen molar-refractivity contribution in [3.05, 3.63) is 24.3 Å². The summed E-state index contributed by atoms with van der Waals surface area (Å²) in [5.41, 5.74) is 1.49. The van der Waals surface area contributed by atoms with Crippen molar-refractivity contribution in [2.24, 2.45) is 4.99 Å². The van der Waals surface area contributed by atoms with Crippen LogP contribution in [-0.2, 0) is 13.6 Å². The molecule has 0 aromatic heterocycles. The zero-order valence-electron chi connectivity index (χ0n) is 16.1. The highest BCUT2D eigenvalue weighted by molar-refractivity contribution is 7.52. The largest absolute Gasteiger partial charge is 0.436 e. The van der Waals surface area contributed by atoms with Gasteiger partial charge in [-0.25, -0.2) is 14.4 Å². The van der Waals surface area contributed by atoms with Crippen molar-refractivity contribution < 1.29 is 18.4 Å². The van der Waals surface area contributed by atoms with Crippen molar-refractivity contribution in [3.63, 3.8) is 0 Å². The van der Waals surface area contributed by atoms with Gasteiger partial charge in [0.05, 0.1) is 19.0 Å². The molecule has 0 aliphatic heterocycles. The number of benzene rings is 1. The SMILES string of the molecule is CCCOP(=O)(NC(=O)Nc1ccc(N(C)C(C)=NC)cc1)OCCC. The van der Waals surface area contributed by atoms with Crippen LogP contribution in [0.1, 0.15) is 33.6 Å². The Labute approximate surface area is 155 Å². The van der Waals surface area contributed by atoms with E-state index in [0.717, 1.165) is 11.5 Å². The van der Waals surface area contributed by atoms with Crippen LogP contribution in [0.4, 0.5) is 16.2 Å². The molecule has 0 spiro atoms. The van der Waals surface area contributed by atoms with E-state index in [-0.39, 0.29) is 13.2 Å². The van der Waals surface area contributed by atoms with Gasteiger partial charge in [0.2, 0.25) is 0 Å². The summed E-state index contributed by atoms with van der Waals surface area (Å²) in [7, 11) is -0.0395. The Bertz CT molecular complexity index is 637. The van der Waals surface area contributed by atoms with Crippen LogP contribution in [0, 0.1) is 0 Å². The third-order valence-electron chi connectivity index (χ3n) is 3.49. The lowest BCUT2D eigenvalue weighted by atomic mass is 10.2. The second-order valence-corrected chi connectivity index (χ2v) is 7.34. The molecule has 0 heterocycles. The summed E-state index contributed by atoms with van der Waals surface area (Å²) in [6.07, 6.45) is 1.33. The maximum Gasteiger partial charge on any atom is 0.436 e. The normalized spacial score (nSPS) is 12.0. The molecule has 8 nitrogen and oxygen atoms in total. The summed E-state index contributed by atoms with van der Waals surface area (Å²) in [5, 5.41) is 4.94. The van der Waals surface area contributed by atoms with Gasteiger partial charge in [-0.05, 0) is 44.0 Å². The zero-order valence-corrected chi connectivity index (χ0v) is 17.0. The summed E-state index contributed by atoms with van der Waals surface area (Å²) in [4.78, 5) is 18.2. The minimum Gasteiger partial charge on any atom is -0.334 e. The second kappa shape index (κ2) is 11.0. The van der Waals surface area contributed by atoms with Crippen LogP contribution in [0.3, 0.4) is 0 Å². The first-order valence-corrected chi connectivity index (χ1v) is 10.1. The predicted octanol–water partition coefficient (Wildman–Crippen LogP) is 4.25. The molecule has 9 heteroatoms. The maximum absolute atomic E-state index is 12.5. The fraction of sp³-hybridized carbons (Fsp3) is 0.529. The van der Waals surface area contributed by atoms with Gasteiger partial charge in [0, 0.05) is 25.5 Å². The van der Waals surface area contributed by atoms with Gasteiger partial charge in [-0.1, -0.05) is 13.8 Å². The molecular formula is C17H29N4O4P. The Kier molecular flexibility index (Phi) is 9.34. The molecule has 1 aromatic carbocycles. The molecule has 0 atom stereocenters. The van der Waals surface area contributed by atoms with Crippen LogP contribution >= 0.6 is 7.75 Å². The number of rotatable bonds is 9. The minimum atomic E-state index is -3.67. The molecule has 1 aromatic rings. The number of nitrogens with zero attached hydrogens (tertiary/aromatic N) is 2. The van der Waals surface area contributed by atoms with Gasteiger partial charge in [0.1, 0.15) is 0 Å². The average Bonchev–Trinajstić information content (AvgIpc) is 2.64. The van der Waals surface area contributed by atoms with Crippen LogP contribution in [0.15, 0.2) is 29.3 Å². The first kappa shape index (κ1) is 22.2. The molecule has 2 N–H and O–H groups in total. The number of anilines is 2. The van der Waals surface area contributed by atoms with Crippen molar-refractivity contribution >= 4 is 31.0 Å². The van der Waals surface area contributed by atoms with Gasteiger partial charge in [-0.2, -0.15) is 0 Å². The lowest BCUT2D eigenvalue weighted by molar-refractivity contribution is 0.195. The van der Waals surface area contributed by atoms with Crippen molar-refractivity contribution in [3.8, 4) is 0 Å². The summed E-state index contributed by atoms with van der Waals surface area (Å²) < 4.78 is 23.0. The first-order valence-electron chi connectivity index (χ1n) is 8.60. The maximum atomic E-state index is 12.5. The van der Waals surface area contributed by atoms with Crippen molar-refractivity contribution in [1.29, 1.82) is 0 Å². The Hall–Kier alpha value is -1.89. The van der Waals surface area contributed by atoms with Crippen LogP contribution < -0.4 is 15.3 Å². The first-order chi connectivity index (χ1) is 12.3. The predicted molar refractivity (Wildman–Crippen MR) is 106 cm³/mol. The van der Waals surface area contributed by atoms with E-state index < -0.39 is 13.8 Å². The monoisotopic (exact) mass is 384 g/mol. The smallest absolute Gasteiger partial charge is 0.334 e. The van der Waals surface area contributed by atoms with Crippen molar-refractivity contribution in [2.45, 2.75) is 33.6 Å². The quantitative estimate of drug-likeness (QED) is 0.377. The fourth-order valence-corrected chi connectivity index (χ4v) is 3.27.